The summed E-state index contributed by atoms with van der Waals surface area (Å²) in [5.41, 5.74) is -0.670. The number of carbonyl (C=O) groups is 3. The van der Waals surface area contributed by atoms with Crippen LogP contribution in [-0.4, -0.2) is 99.7 Å². The van der Waals surface area contributed by atoms with Gasteiger partial charge < -0.3 is 34.7 Å². The Morgan fingerprint density at radius 2 is 1.45 bits per heavy atom. The van der Waals surface area contributed by atoms with Crippen LogP contribution in [0.3, 0.4) is 0 Å². The van der Waals surface area contributed by atoms with E-state index in [9.17, 15) is 14.4 Å². The Bertz CT molecular complexity index is 770. The van der Waals surface area contributed by atoms with Gasteiger partial charge in [0.2, 0.25) is 0 Å². The molecule has 42 heavy (non-hydrogen) atoms. The molecular weight excluding hydrogens is 540 g/mol. The van der Waals surface area contributed by atoms with Gasteiger partial charge in [-0.05, 0) is 65.8 Å². The first-order valence-corrected chi connectivity index (χ1v) is 15.6. The van der Waals surface area contributed by atoms with E-state index in [1.807, 2.05) is 6.92 Å². The fourth-order valence-corrected chi connectivity index (χ4v) is 4.67. The maximum Gasteiger partial charge on any atom is 0.320 e. The molecule has 10 nitrogen and oxygen atoms in total. The van der Waals surface area contributed by atoms with Gasteiger partial charge in [-0.1, -0.05) is 40.5 Å². The molecule has 0 aromatic carbocycles. The molecule has 248 valence electrons. The maximum atomic E-state index is 12.5. The van der Waals surface area contributed by atoms with E-state index in [0.717, 1.165) is 32.1 Å². The van der Waals surface area contributed by atoms with Crippen LogP contribution in [0.5, 0.6) is 0 Å². The van der Waals surface area contributed by atoms with Crippen molar-refractivity contribution in [3.8, 4) is 0 Å². The van der Waals surface area contributed by atoms with E-state index in [4.69, 9.17) is 24.1 Å². The fraction of sp³-hybridized carbons (Fsp3) is 0.906. The highest BCUT2D eigenvalue weighted by Crippen LogP contribution is 2.32. The number of hydrogen-bond donors (Lipinski definition) is 3. The van der Waals surface area contributed by atoms with E-state index in [2.05, 4.69) is 45.3 Å². The number of carboxylic acids is 1. The molecule has 0 aromatic heterocycles. The Labute approximate surface area is 255 Å². The summed E-state index contributed by atoms with van der Waals surface area (Å²) in [6.45, 7) is 20.0. The summed E-state index contributed by atoms with van der Waals surface area (Å²) in [4.78, 5) is 35.9. The first kappa shape index (κ1) is 40.6. The minimum Gasteiger partial charge on any atom is -0.480 e. The Hall–Kier alpha value is -1.43. The number of rotatable bonds is 28. The zero-order valence-corrected chi connectivity index (χ0v) is 28.1. The normalized spacial score (nSPS) is 14.1. The Morgan fingerprint density at radius 1 is 0.833 bits per heavy atom. The largest absolute Gasteiger partial charge is 0.480 e. The molecule has 0 rings (SSSR count). The van der Waals surface area contributed by atoms with Gasteiger partial charge in [0, 0.05) is 25.5 Å². The van der Waals surface area contributed by atoms with E-state index < -0.39 is 17.6 Å². The lowest BCUT2D eigenvalue weighted by atomic mass is 9.80. The van der Waals surface area contributed by atoms with Crippen LogP contribution in [0.4, 0.5) is 0 Å². The summed E-state index contributed by atoms with van der Waals surface area (Å²) in [5.74, 6) is -0.984. The molecular formula is C32H62N2O8. The molecule has 0 saturated heterocycles. The second-order valence-electron chi connectivity index (χ2n) is 13.1. The molecule has 0 fully saturated rings. The first-order valence-electron chi connectivity index (χ1n) is 15.6. The molecule has 2 unspecified atom stereocenters. The molecule has 0 saturated carbocycles. The Kier molecular flexibility index (Phi) is 20.6. The van der Waals surface area contributed by atoms with Crippen molar-refractivity contribution in [3.05, 3.63) is 0 Å². The lowest BCUT2D eigenvalue weighted by Gasteiger charge is -2.34. The molecule has 0 aliphatic rings. The van der Waals surface area contributed by atoms with Crippen molar-refractivity contribution in [2.45, 2.75) is 118 Å². The van der Waals surface area contributed by atoms with Gasteiger partial charge in [-0.3, -0.25) is 14.4 Å². The molecule has 0 aromatic rings. The van der Waals surface area contributed by atoms with Crippen molar-refractivity contribution in [1.82, 2.24) is 10.6 Å². The standard InChI is InChI=1S/C32H62N2O8/c1-10-30(3,4)24-31(5,6)42-22-21-39-17-12-11-13-25(2)27(35)23-41-20-19-40-18-16-34-32(7,8)28(36)15-14-26(33-9)29(37)38/h25-26,33-34H,10-24H2,1-9H3,(H,37,38). The van der Waals surface area contributed by atoms with Gasteiger partial charge >= 0.3 is 5.97 Å². The van der Waals surface area contributed by atoms with Crippen molar-refractivity contribution < 1.29 is 38.4 Å². The van der Waals surface area contributed by atoms with Crippen molar-refractivity contribution >= 4 is 17.5 Å². The monoisotopic (exact) mass is 602 g/mol. The molecule has 2 atom stereocenters. The van der Waals surface area contributed by atoms with E-state index in [-0.39, 0.29) is 47.9 Å². The highest BCUT2D eigenvalue weighted by Gasteiger charge is 2.29. The van der Waals surface area contributed by atoms with Crippen LogP contribution in [0.1, 0.15) is 100 Å². The number of carboxylic acid groups (broad SMARTS) is 1. The number of likely N-dealkylation sites (N-methyl/N-ethyl adjacent to an activating group) is 1. The molecule has 0 amide bonds. The smallest absolute Gasteiger partial charge is 0.320 e. The predicted octanol–water partition coefficient (Wildman–Crippen LogP) is 4.42. The number of unbranched alkanes of at least 4 members (excludes halogenated alkanes) is 1. The summed E-state index contributed by atoms with van der Waals surface area (Å²) in [6, 6.07) is -0.736. The lowest BCUT2D eigenvalue weighted by Crippen LogP contribution is -2.48. The zero-order valence-electron chi connectivity index (χ0n) is 28.1. The second-order valence-corrected chi connectivity index (χ2v) is 13.1. The summed E-state index contributed by atoms with van der Waals surface area (Å²) in [6.07, 6.45) is 5.18. The van der Waals surface area contributed by atoms with Crippen LogP contribution in [0.15, 0.2) is 0 Å². The summed E-state index contributed by atoms with van der Waals surface area (Å²) in [5, 5.41) is 14.9. The third-order valence-corrected chi connectivity index (χ3v) is 7.74. The minimum atomic E-state index is -0.965. The van der Waals surface area contributed by atoms with E-state index in [1.165, 1.54) is 0 Å². The number of ketones is 2. The van der Waals surface area contributed by atoms with Gasteiger partial charge in [-0.15, -0.1) is 0 Å². The number of Topliss-reactive ketones (excluding diaryl/α,β-unsaturated/α-hetero) is 2. The van der Waals surface area contributed by atoms with Crippen molar-refractivity contribution in [3.63, 3.8) is 0 Å². The SMILES string of the molecule is CCC(C)(C)CC(C)(C)OCCOCCCCC(C)C(=O)COCCOCCNC(C)(C)C(=O)CCC(NC)C(=O)O. The van der Waals surface area contributed by atoms with Crippen molar-refractivity contribution in [2.75, 3.05) is 59.8 Å². The van der Waals surface area contributed by atoms with Crippen molar-refractivity contribution in [1.29, 1.82) is 0 Å². The molecule has 0 aliphatic carbocycles. The van der Waals surface area contributed by atoms with Crippen LogP contribution in [0, 0.1) is 11.3 Å². The van der Waals surface area contributed by atoms with Crippen LogP contribution in [0.2, 0.25) is 0 Å². The summed E-state index contributed by atoms with van der Waals surface area (Å²) >= 11 is 0. The molecule has 0 bridgehead atoms. The molecule has 0 aliphatic heterocycles. The summed E-state index contributed by atoms with van der Waals surface area (Å²) in [7, 11) is 1.57. The van der Waals surface area contributed by atoms with Gasteiger partial charge in [0.1, 0.15) is 12.6 Å². The maximum absolute atomic E-state index is 12.5. The van der Waals surface area contributed by atoms with Crippen LogP contribution in [-0.2, 0) is 33.3 Å². The van der Waals surface area contributed by atoms with Gasteiger partial charge in [0.25, 0.3) is 0 Å². The third-order valence-electron chi connectivity index (χ3n) is 7.74. The Morgan fingerprint density at radius 3 is 2.07 bits per heavy atom. The number of carbonyl (C=O) groups excluding carboxylic acids is 2. The molecule has 0 spiro atoms. The van der Waals surface area contributed by atoms with Crippen molar-refractivity contribution in [2.24, 2.45) is 11.3 Å². The number of ether oxygens (including phenoxy) is 4. The van der Waals surface area contributed by atoms with Gasteiger partial charge in [0.05, 0.1) is 44.2 Å². The zero-order chi connectivity index (χ0) is 32.2. The Balaban J connectivity index is 3.82. The van der Waals surface area contributed by atoms with E-state index >= 15 is 0 Å². The second kappa shape index (κ2) is 21.3. The number of hydrogen-bond acceptors (Lipinski definition) is 9. The molecule has 0 radical (unpaired) electrons. The molecule has 3 N–H and O–H groups in total. The van der Waals surface area contributed by atoms with Crippen LogP contribution >= 0.6 is 0 Å². The van der Waals surface area contributed by atoms with E-state index in [1.54, 1.807) is 20.9 Å². The summed E-state index contributed by atoms with van der Waals surface area (Å²) < 4.78 is 22.8. The topological polar surface area (TPSA) is 132 Å². The third kappa shape index (κ3) is 19.7. The van der Waals surface area contributed by atoms with Gasteiger partial charge in [-0.25, -0.2) is 0 Å². The van der Waals surface area contributed by atoms with E-state index in [0.29, 0.717) is 46.2 Å². The fourth-order valence-electron chi connectivity index (χ4n) is 4.67. The quantitative estimate of drug-likeness (QED) is 0.111. The average molecular weight is 603 g/mol. The highest BCUT2D eigenvalue weighted by molar-refractivity contribution is 5.88. The molecule has 10 heteroatoms. The molecule has 0 heterocycles. The minimum absolute atomic E-state index is 0.0522. The highest BCUT2D eigenvalue weighted by atomic mass is 16.5. The first-order chi connectivity index (χ1) is 19.6. The van der Waals surface area contributed by atoms with Gasteiger partial charge in [-0.2, -0.15) is 0 Å². The van der Waals surface area contributed by atoms with Gasteiger partial charge in [0.15, 0.2) is 11.6 Å². The lowest BCUT2D eigenvalue weighted by molar-refractivity contribution is -0.139. The number of nitrogens with one attached hydrogen (secondary N) is 2. The average Bonchev–Trinajstić information content (AvgIpc) is 2.90. The van der Waals surface area contributed by atoms with Crippen LogP contribution < -0.4 is 10.6 Å². The number of aliphatic carboxylic acids is 1. The van der Waals surface area contributed by atoms with Crippen LogP contribution in [0.25, 0.3) is 0 Å². The predicted molar refractivity (Wildman–Crippen MR) is 166 cm³/mol.